The lowest BCUT2D eigenvalue weighted by Gasteiger charge is -2.15. The molecule has 0 spiro atoms. The van der Waals surface area contributed by atoms with Crippen LogP contribution in [0.1, 0.15) is 42.6 Å². The van der Waals surface area contributed by atoms with E-state index in [1.807, 2.05) is 0 Å². The fourth-order valence-corrected chi connectivity index (χ4v) is 3.49. The Kier molecular flexibility index (Phi) is 7.13. The smallest absolute Gasteiger partial charge is 0.352 e. The molecular weight excluding hydrogens is 457 g/mol. The molecule has 0 fully saturated rings. The second-order valence-corrected chi connectivity index (χ2v) is 7.86. The summed E-state index contributed by atoms with van der Waals surface area (Å²) < 4.78 is 23.8. The maximum absolute atomic E-state index is 15.1. The first-order chi connectivity index (χ1) is 15.6. The van der Waals surface area contributed by atoms with E-state index >= 15 is 4.39 Å². The summed E-state index contributed by atoms with van der Waals surface area (Å²) in [5.74, 6) is -2.22. The first-order valence-electron chi connectivity index (χ1n) is 10.1. The molecule has 10 nitrogen and oxygen atoms in total. The molecule has 0 saturated carbocycles. The molecule has 3 heterocycles. The predicted molar refractivity (Wildman–Crippen MR) is 118 cm³/mol. The molecule has 0 unspecified atom stereocenters. The van der Waals surface area contributed by atoms with Gasteiger partial charge in [0.25, 0.3) is 5.56 Å². The molecule has 176 valence electrons. The molecular formula is C21H23ClFN5O5. The monoisotopic (exact) mass is 479 g/mol. The van der Waals surface area contributed by atoms with Gasteiger partial charge in [-0.05, 0) is 32.9 Å². The molecule has 33 heavy (non-hydrogen) atoms. The van der Waals surface area contributed by atoms with Crippen LogP contribution in [0, 0.1) is 5.82 Å². The number of aliphatic hydroxyl groups excluding tert-OH is 1. The van der Waals surface area contributed by atoms with Gasteiger partial charge >= 0.3 is 5.69 Å². The zero-order chi connectivity index (χ0) is 24.4. The Bertz CT molecular complexity index is 1330. The summed E-state index contributed by atoms with van der Waals surface area (Å²) in [6, 6.07) is 3.57. The van der Waals surface area contributed by atoms with Crippen LogP contribution in [0.5, 0.6) is 5.88 Å². The number of rotatable bonds is 8. The van der Waals surface area contributed by atoms with Gasteiger partial charge in [-0.2, -0.15) is 9.67 Å². The fourth-order valence-electron chi connectivity index (χ4n) is 3.23. The van der Waals surface area contributed by atoms with Gasteiger partial charge in [0.15, 0.2) is 23.2 Å². The van der Waals surface area contributed by atoms with Gasteiger partial charge in [0.1, 0.15) is 6.61 Å². The Balaban J connectivity index is 2.13. The SMILES string of the molecule is CCn1c(CO)nn(-c2nc(OC(C)C)c(C(=O)Cc3c(Cl)ccc(=O)n3C)cc2F)c1=O. The Morgan fingerprint density at radius 1 is 1.30 bits per heavy atom. The third kappa shape index (κ3) is 4.74. The first kappa shape index (κ1) is 24.3. The number of hydrogen-bond donors (Lipinski definition) is 1. The lowest BCUT2D eigenvalue weighted by molar-refractivity contribution is 0.0983. The second kappa shape index (κ2) is 9.67. The van der Waals surface area contributed by atoms with Crippen LogP contribution < -0.4 is 16.0 Å². The molecule has 0 aliphatic carbocycles. The zero-order valence-corrected chi connectivity index (χ0v) is 19.3. The van der Waals surface area contributed by atoms with Gasteiger partial charge in [-0.25, -0.2) is 9.18 Å². The first-order valence-corrected chi connectivity index (χ1v) is 10.5. The summed E-state index contributed by atoms with van der Waals surface area (Å²) in [7, 11) is 1.47. The van der Waals surface area contributed by atoms with Crippen LogP contribution in [0.2, 0.25) is 5.02 Å². The third-order valence-corrected chi connectivity index (χ3v) is 5.22. The Labute approximate surface area is 192 Å². The molecule has 0 aliphatic rings. The van der Waals surface area contributed by atoms with Crippen LogP contribution in [-0.4, -0.2) is 40.9 Å². The Hall–Kier alpha value is -3.31. The highest BCUT2D eigenvalue weighted by Crippen LogP contribution is 2.25. The number of ether oxygens (including phenoxy) is 1. The quantitative estimate of drug-likeness (QED) is 0.487. The fraction of sp³-hybridized carbons (Fsp3) is 0.381. The van der Waals surface area contributed by atoms with E-state index in [0.29, 0.717) is 4.68 Å². The minimum absolute atomic E-state index is 0.0369. The number of carbonyl (C=O) groups is 1. The van der Waals surface area contributed by atoms with Gasteiger partial charge < -0.3 is 14.4 Å². The number of ketones is 1. The topological polar surface area (TPSA) is 121 Å². The van der Waals surface area contributed by atoms with Crippen molar-refractivity contribution >= 4 is 17.4 Å². The Morgan fingerprint density at radius 2 is 2.00 bits per heavy atom. The van der Waals surface area contributed by atoms with Gasteiger partial charge in [-0.1, -0.05) is 11.6 Å². The van der Waals surface area contributed by atoms with Gasteiger partial charge in [0.05, 0.1) is 23.1 Å². The summed E-state index contributed by atoms with van der Waals surface area (Å²) in [6.45, 7) is 4.74. The van der Waals surface area contributed by atoms with Crippen molar-refractivity contribution in [1.82, 2.24) is 23.9 Å². The molecule has 0 aliphatic heterocycles. The van der Waals surface area contributed by atoms with Crippen molar-refractivity contribution < 1.29 is 19.0 Å². The summed E-state index contributed by atoms with van der Waals surface area (Å²) in [5.41, 5.74) is -0.984. The van der Waals surface area contributed by atoms with Crippen LogP contribution in [0.15, 0.2) is 27.8 Å². The van der Waals surface area contributed by atoms with Crippen molar-refractivity contribution in [2.45, 2.75) is 46.4 Å². The van der Waals surface area contributed by atoms with Crippen molar-refractivity contribution in [3.05, 3.63) is 67.0 Å². The normalized spacial score (nSPS) is 11.3. The summed E-state index contributed by atoms with van der Waals surface area (Å²) in [5, 5.41) is 13.6. The van der Waals surface area contributed by atoms with Crippen LogP contribution in [0.4, 0.5) is 4.39 Å². The van der Waals surface area contributed by atoms with Crippen molar-refractivity contribution in [1.29, 1.82) is 0 Å². The number of aromatic nitrogens is 5. The number of carbonyl (C=O) groups excluding carboxylic acids is 1. The lowest BCUT2D eigenvalue weighted by Crippen LogP contribution is -2.26. The summed E-state index contributed by atoms with van der Waals surface area (Å²) in [4.78, 5) is 41.7. The number of halogens is 2. The standard InChI is InChI=1S/C21H23ClFN5O5/c1-5-27-17(10-29)25-28(21(27)32)19-14(23)8-12(20(24-19)33-11(2)3)16(30)9-15-13(22)6-7-18(31)26(15)4/h6-8,11,29H,5,9-10H2,1-4H3. The largest absolute Gasteiger partial charge is 0.474 e. The highest BCUT2D eigenvalue weighted by atomic mass is 35.5. The number of nitrogens with zero attached hydrogens (tertiary/aromatic N) is 5. The lowest BCUT2D eigenvalue weighted by atomic mass is 10.1. The molecule has 0 atom stereocenters. The van der Waals surface area contributed by atoms with E-state index < -0.39 is 35.8 Å². The zero-order valence-electron chi connectivity index (χ0n) is 18.5. The molecule has 0 amide bonds. The van der Waals surface area contributed by atoms with E-state index in [1.54, 1.807) is 20.8 Å². The predicted octanol–water partition coefficient (Wildman–Crippen LogP) is 1.64. The molecule has 1 N–H and O–H groups in total. The molecule has 3 aromatic heterocycles. The minimum atomic E-state index is -0.991. The van der Waals surface area contributed by atoms with Crippen molar-refractivity contribution in [2.75, 3.05) is 0 Å². The minimum Gasteiger partial charge on any atom is -0.474 e. The van der Waals surface area contributed by atoms with Gasteiger partial charge in [0.2, 0.25) is 5.88 Å². The molecule has 0 aromatic carbocycles. The van der Waals surface area contributed by atoms with Crippen molar-refractivity contribution in [3.8, 4) is 11.7 Å². The highest BCUT2D eigenvalue weighted by molar-refractivity contribution is 6.31. The van der Waals surface area contributed by atoms with E-state index in [1.165, 1.54) is 28.3 Å². The number of aliphatic hydroxyl groups is 1. The molecule has 0 saturated heterocycles. The summed E-state index contributed by atoms with van der Waals surface area (Å²) in [6.07, 6.45) is -0.732. The van der Waals surface area contributed by atoms with E-state index in [-0.39, 0.29) is 46.5 Å². The maximum atomic E-state index is 15.1. The second-order valence-electron chi connectivity index (χ2n) is 7.45. The van der Waals surface area contributed by atoms with E-state index in [4.69, 9.17) is 16.3 Å². The third-order valence-electron chi connectivity index (χ3n) is 4.88. The average Bonchev–Trinajstić information content (AvgIpc) is 3.09. The molecule has 3 aromatic rings. The summed E-state index contributed by atoms with van der Waals surface area (Å²) >= 11 is 6.15. The van der Waals surface area contributed by atoms with Crippen LogP contribution in [0.25, 0.3) is 5.82 Å². The number of Topliss-reactive ketones (excluding diaryl/α,β-unsaturated/α-hetero) is 1. The van der Waals surface area contributed by atoms with Gasteiger partial charge in [-0.3, -0.25) is 14.2 Å². The van der Waals surface area contributed by atoms with Crippen molar-refractivity contribution in [3.63, 3.8) is 0 Å². The molecule has 0 radical (unpaired) electrons. The van der Waals surface area contributed by atoms with Gasteiger partial charge in [-0.15, -0.1) is 5.10 Å². The highest BCUT2D eigenvalue weighted by Gasteiger charge is 2.25. The van der Waals surface area contributed by atoms with Crippen molar-refractivity contribution in [2.24, 2.45) is 7.05 Å². The molecule has 12 heteroatoms. The van der Waals surface area contributed by atoms with Crippen LogP contribution in [0.3, 0.4) is 0 Å². The maximum Gasteiger partial charge on any atom is 0.352 e. The number of hydrogen-bond acceptors (Lipinski definition) is 7. The van der Waals surface area contributed by atoms with E-state index in [2.05, 4.69) is 10.1 Å². The average molecular weight is 480 g/mol. The van der Waals surface area contributed by atoms with Crippen LogP contribution in [-0.2, 0) is 26.6 Å². The Morgan fingerprint density at radius 3 is 2.58 bits per heavy atom. The number of pyridine rings is 2. The molecule has 0 bridgehead atoms. The van der Waals surface area contributed by atoms with E-state index in [9.17, 15) is 19.5 Å². The molecule has 3 rings (SSSR count). The van der Waals surface area contributed by atoms with Gasteiger partial charge in [0, 0.05) is 25.4 Å². The van der Waals surface area contributed by atoms with E-state index in [0.717, 1.165) is 6.07 Å². The van der Waals surface area contributed by atoms with Crippen LogP contribution >= 0.6 is 11.6 Å².